The van der Waals surface area contributed by atoms with Gasteiger partial charge in [0.25, 0.3) is 5.69 Å². The zero-order valence-electron chi connectivity index (χ0n) is 19.5. The topological polar surface area (TPSA) is 94.7 Å². The first-order chi connectivity index (χ1) is 16.4. The van der Waals surface area contributed by atoms with Crippen LogP contribution in [0.25, 0.3) is 5.69 Å². The van der Waals surface area contributed by atoms with Crippen molar-refractivity contribution in [1.29, 1.82) is 0 Å². The average Bonchev–Trinajstić information content (AvgIpc) is 3.32. The lowest BCUT2D eigenvalue weighted by atomic mass is 9.97. The molecule has 9 nitrogen and oxygen atoms in total. The number of nitro groups is 1. The maximum absolute atomic E-state index is 11.3. The second-order valence-electron chi connectivity index (χ2n) is 8.09. The van der Waals surface area contributed by atoms with E-state index in [0.29, 0.717) is 24.0 Å². The van der Waals surface area contributed by atoms with Crippen LogP contribution in [0.5, 0.6) is 5.75 Å². The minimum atomic E-state index is -0.427. The molecule has 1 N–H and O–H groups in total. The summed E-state index contributed by atoms with van der Waals surface area (Å²) >= 11 is 5.70. The van der Waals surface area contributed by atoms with E-state index in [1.165, 1.54) is 19.2 Å². The molecule has 1 saturated heterocycles. The SMILES string of the molecule is COCCN1C(=S)N[C@@H](c2ccccn2)[C@H]1c1cc(C)n(-c2ccc([N+](=O)[O-])cc2OC)c1C. The van der Waals surface area contributed by atoms with Crippen LogP contribution in [-0.4, -0.2) is 51.9 Å². The summed E-state index contributed by atoms with van der Waals surface area (Å²) in [5.74, 6) is 0.431. The number of nitrogens with one attached hydrogen (secondary N) is 1. The van der Waals surface area contributed by atoms with E-state index in [-0.39, 0.29) is 17.8 Å². The first kappa shape index (κ1) is 23.7. The smallest absolute Gasteiger partial charge is 0.273 e. The molecule has 4 rings (SSSR count). The van der Waals surface area contributed by atoms with E-state index in [4.69, 9.17) is 21.7 Å². The molecule has 0 amide bonds. The van der Waals surface area contributed by atoms with Gasteiger partial charge in [-0.25, -0.2) is 0 Å². The molecule has 0 aliphatic carbocycles. The van der Waals surface area contributed by atoms with Crippen molar-refractivity contribution in [3.05, 3.63) is 81.4 Å². The molecule has 0 unspecified atom stereocenters. The molecule has 1 aliphatic rings. The van der Waals surface area contributed by atoms with Gasteiger partial charge in [0.1, 0.15) is 5.75 Å². The van der Waals surface area contributed by atoms with Crippen molar-refractivity contribution >= 4 is 23.0 Å². The molecule has 2 aromatic heterocycles. The van der Waals surface area contributed by atoms with E-state index in [1.807, 2.05) is 32.0 Å². The van der Waals surface area contributed by atoms with Gasteiger partial charge >= 0.3 is 0 Å². The van der Waals surface area contributed by atoms with Crippen molar-refractivity contribution in [2.75, 3.05) is 27.4 Å². The standard InChI is InChI=1S/C24H27N5O4S/c1-15-13-18(16(2)28(15)20-9-8-17(29(30)31)14-21(20)33-4)23-22(19-7-5-6-10-25-19)26-24(34)27(23)11-12-32-3/h5-10,13-14,22-23H,11-12H2,1-4H3,(H,26,34)/t22-,23+/m0/s1. The molecular weight excluding hydrogens is 454 g/mol. The van der Waals surface area contributed by atoms with Crippen LogP contribution in [0.15, 0.2) is 48.7 Å². The molecular formula is C24H27N5O4S. The Kier molecular flexibility index (Phi) is 6.80. The van der Waals surface area contributed by atoms with Gasteiger partial charge in [-0.2, -0.15) is 0 Å². The van der Waals surface area contributed by atoms with Crippen molar-refractivity contribution in [2.24, 2.45) is 0 Å². The minimum Gasteiger partial charge on any atom is -0.494 e. The monoisotopic (exact) mass is 481 g/mol. The number of hydrogen-bond acceptors (Lipinski definition) is 6. The van der Waals surface area contributed by atoms with Crippen molar-refractivity contribution in [2.45, 2.75) is 25.9 Å². The molecule has 3 heterocycles. The van der Waals surface area contributed by atoms with Crippen LogP contribution < -0.4 is 10.1 Å². The van der Waals surface area contributed by atoms with E-state index >= 15 is 0 Å². The Bertz CT molecular complexity index is 1210. The Balaban J connectivity index is 1.84. The zero-order chi connectivity index (χ0) is 24.4. The summed E-state index contributed by atoms with van der Waals surface area (Å²) in [5, 5.41) is 15.4. The van der Waals surface area contributed by atoms with E-state index < -0.39 is 4.92 Å². The lowest BCUT2D eigenvalue weighted by Crippen LogP contribution is -2.32. The fourth-order valence-electron chi connectivity index (χ4n) is 4.60. The molecule has 2 atom stereocenters. The summed E-state index contributed by atoms with van der Waals surface area (Å²) in [6.45, 7) is 5.20. The Labute approximate surface area is 203 Å². The van der Waals surface area contributed by atoms with E-state index in [0.717, 1.165) is 28.3 Å². The van der Waals surface area contributed by atoms with Gasteiger partial charge in [-0.1, -0.05) is 6.07 Å². The third kappa shape index (κ3) is 4.22. The molecule has 10 heteroatoms. The van der Waals surface area contributed by atoms with Crippen molar-refractivity contribution < 1.29 is 14.4 Å². The van der Waals surface area contributed by atoms with Gasteiger partial charge in [0.15, 0.2) is 5.11 Å². The highest BCUT2D eigenvalue weighted by molar-refractivity contribution is 7.80. The van der Waals surface area contributed by atoms with Crippen LogP contribution in [0.4, 0.5) is 5.69 Å². The second kappa shape index (κ2) is 9.78. The normalized spacial score (nSPS) is 17.6. The second-order valence-corrected chi connectivity index (χ2v) is 8.47. The Morgan fingerprint density at radius 1 is 1.21 bits per heavy atom. The van der Waals surface area contributed by atoms with Crippen molar-refractivity contribution in [3.63, 3.8) is 0 Å². The highest BCUT2D eigenvalue weighted by atomic mass is 32.1. The summed E-state index contributed by atoms with van der Waals surface area (Å²) in [7, 11) is 3.19. The number of ether oxygens (including phenoxy) is 2. The molecule has 0 radical (unpaired) electrons. The number of nitro benzene ring substituents is 1. The summed E-state index contributed by atoms with van der Waals surface area (Å²) in [6, 6.07) is 12.4. The van der Waals surface area contributed by atoms with Crippen molar-refractivity contribution in [1.82, 2.24) is 19.8 Å². The van der Waals surface area contributed by atoms with Crippen molar-refractivity contribution in [3.8, 4) is 11.4 Å². The fraction of sp³-hybridized carbons (Fsp3) is 0.333. The van der Waals surface area contributed by atoms with Gasteiger partial charge in [0, 0.05) is 37.3 Å². The van der Waals surface area contributed by atoms with E-state index in [9.17, 15) is 10.1 Å². The summed E-state index contributed by atoms with van der Waals surface area (Å²) < 4.78 is 12.9. The van der Waals surface area contributed by atoms with Gasteiger partial charge in [-0.15, -0.1) is 0 Å². The molecule has 0 bridgehead atoms. The molecule has 0 saturated carbocycles. The maximum Gasteiger partial charge on any atom is 0.273 e. The number of hydrogen-bond donors (Lipinski definition) is 1. The number of aryl methyl sites for hydroxylation is 1. The first-order valence-corrected chi connectivity index (χ1v) is 11.3. The van der Waals surface area contributed by atoms with Gasteiger partial charge in [0.05, 0.1) is 48.2 Å². The molecule has 178 valence electrons. The Morgan fingerprint density at radius 3 is 2.65 bits per heavy atom. The Hall–Kier alpha value is -3.50. The number of methoxy groups -OCH3 is 2. The maximum atomic E-state index is 11.3. The quantitative estimate of drug-likeness (QED) is 0.293. The van der Waals surface area contributed by atoms with Crippen LogP contribution >= 0.6 is 12.2 Å². The predicted octanol–water partition coefficient (Wildman–Crippen LogP) is 4.02. The number of aromatic nitrogens is 2. The van der Waals surface area contributed by atoms with Gasteiger partial charge in [-0.05, 0) is 55.9 Å². The summed E-state index contributed by atoms with van der Waals surface area (Å²) in [6.07, 6.45) is 1.78. The summed E-state index contributed by atoms with van der Waals surface area (Å²) in [4.78, 5) is 17.5. The third-order valence-corrected chi connectivity index (χ3v) is 6.49. The molecule has 1 fully saturated rings. The predicted molar refractivity (Wildman–Crippen MR) is 132 cm³/mol. The highest BCUT2D eigenvalue weighted by Crippen LogP contribution is 2.42. The number of rotatable bonds is 8. The van der Waals surface area contributed by atoms with E-state index in [1.54, 1.807) is 19.4 Å². The molecule has 3 aromatic rings. The van der Waals surface area contributed by atoms with Crippen LogP contribution in [0.2, 0.25) is 0 Å². The number of nitrogens with zero attached hydrogens (tertiary/aromatic N) is 4. The third-order valence-electron chi connectivity index (χ3n) is 6.14. The largest absolute Gasteiger partial charge is 0.494 e. The van der Waals surface area contributed by atoms with Crippen LogP contribution in [0, 0.1) is 24.0 Å². The minimum absolute atomic E-state index is 0.0189. The Morgan fingerprint density at radius 2 is 2.00 bits per heavy atom. The molecule has 1 aliphatic heterocycles. The number of non-ortho nitro benzene ring substituents is 1. The average molecular weight is 482 g/mol. The van der Waals surface area contributed by atoms with Crippen LogP contribution in [-0.2, 0) is 4.74 Å². The number of thiocarbonyl (C=S) groups is 1. The van der Waals surface area contributed by atoms with E-state index in [2.05, 4.69) is 25.8 Å². The number of pyridine rings is 1. The lowest BCUT2D eigenvalue weighted by molar-refractivity contribution is -0.384. The van der Waals surface area contributed by atoms with Gasteiger partial charge in [-0.3, -0.25) is 15.1 Å². The number of benzene rings is 1. The lowest BCUT2D eigenvalue weighted by Gasteiger charge is -2.28. The first-order valence-electron chi connectivity index (χ1n) is 10.9. The van der Waals surface area contributed by atoms with Gasteiger partial charge in [0.2, 0.25) is 0 Å². The highest BCUT2D eigenvalue weighted by Gasteiger charge is 2.41. The van der Waals surface area contributed by atoms with Gasteiger partial charge < -0.3 is 24.3 Å². The molecule has 1 aromatic carbocycles. The van der Waals surface area contributed by atoms with Crippen LogP contribution in [0.3, 0.4) is 0 Å². The fourth-order valence-corrected chi connectivity index (χ4v) is 4.93. The molecule has 34 heavy (non-hydrogen) atoms. The molecule has 0 spiro atoms. The summed E-state index contributed by atoms with van der Waals surface area (Å²) in [5.41, 5.74) is 4.66. The zero-order valence-corrected chi connectivity index (χ0v) is 20.3. The van der Waals surface area contributed by atoms with Crippen LogP contribution in [0.1, 0.15) is 34.7 Å².